The minimum atomic E-state index is -0.796. The molecule has 1 unspecified atom stereocenters. The van der Waals surface area contributed by atoms with Crippen LogP contribution in [0.5, 0.6) is 5.88 Å². The van der Waals surface area contributed by atoms with Gasteiger partial charge in [-0.1, -0.05) is 18.2 Å². The lowest BCUT2D eigenvalue weighted by molar-refractivity contribution is -0.124. The highest BCUT2D eigenvalue weighted by Crippen LogP contribution is 2.37. The molecule has 3 heterocycles. The molecule has 4 aromatic rings. The van der Waals surface area contributed by atoms with Gasteiger partial charge in [0.1, 0.15) is 22.8 Å². The molecule has 4 N–H and O–H groups in total. The molecule has 8 nitrogen and oxygen atoms in total. The second kappa shape index (κ2) is 8.95. The number of amides is 1. The van der Waals surface area contributed by atoms with Crippen LogP contribution in [-0.2, 0) is 14.9 Å². The number of anilines is 2. The van der Waals surface area contributed by atoms with Crippen LogP contribution in [0.1, 0.15) is 18.4 Å². The zero-order chi connectivity index (χ0) is 24.6. The van der Waals surface area contributed by atoms with E-state index in [0.29, 0.717) is 31.7 Å². The molecule has 10 heteroatoms. The van der Waals surface area contributed by atoms with Gasteiger partial charge < -0.3 is 25.5 Å². The number of aromatic amines is 1. The molecule has 2 aromatic heterocycles. The van der Waals surface area contributed by atoms with Gasteiger partial charge in [-0.15, -0.1) is 0 Å². The monoisotopic (exact) mass is 479 g/mol. The molecule has 5 rings (SSSR count). The van der Waals surface area contributed by atoms with Crippen LogP contribution in [0.25, 0.3) is 22.3 Å². The van der Waals surface area contributed by atoms with E-state index in [1.54, 1.807) is 19.2 Å². The normalized spacial score (nSPS) is 17.6. The third-order valence-corrected chi connectivity index (χ3v) is 6.41. The molecule has 0 bridgehead atoms. The van der Waals surface area contributed by atoms with E-state index in [1.807, 2.05) is 12.1 Å². The van der Waals surface area contributed by atoms with Gasteiger partial charge in [-0.25, -0.2) is 18.7 Å². The zero-order valence-corrected chi connectivity index (χ0v) is 18.9. The molecule has 1 atom stereocenters. The van der Waals surface area contributed by atoms with Crippen molar-refractivity contribution in [1.82, 2.24) is 20.3 Å². The maximum absolute atomic E-state index is 14.4. The molecule has 1 saturated heterocycles. The standard InChI is InChI=1S/C25H23F2N5O3/c1-35-12-10-25(9-11-28-24(25)34)14-5-7-15(8-6-14)30-22-20-18(13-29-23(20)33)31-21(32-22)19-16(26)3-2-4-17(19)27/h2-8,13,29,33H,9-12H2,1H3,(H,28,34)(H,30,31,32). The second-order valence-corrected chi connectivity index (χ2v) is 8.42. The Hall–Kier alpha value is -4.05. The first-order valence-corrected chi connectivity index (χ1v) is 11.1. The maximum atomic E-state index is 14.4. The number of ether oxygens (including phenoxy) is 1. The number of H-pyrrole nitrogens is 1. The molecular formula is C25H23F2N5O3. The fraction of sp³-hybridized carbons (Fsp3) is 0.240. The zero-order valence-electron chi connectivity index (χ0n) is 18.9. The number of nitrogens with one attached hydrogen (secondary N) is 3. The Morgan fingerprint density at radius 2 is 1.89 bits per heavy atom. The van der Waals surface area contributed by atoms with E-state index in [9.17, 15) is 18.7 Å². The SMILES string of the molecule is COCCC1(c2ccc(Nc3nc(-c4c(F)cccc4F)nc4c[nH]c(O)c34)cc2)CCNC1=O. The number of nitrogens with zero attached hydrogens (tertiary/aromatic N) is 2. The highest BCUT2D eigenvalue weighted by molar-refractivity contribution is 5.96. The highest BCUT2D eigenvalue weighted by atomic mass is 19.1. The Balaban J connectivity index is 1.52. The number of fused-ring (bicyclic) bond motifs is 1. The number of carbonyl (C=O) groups is 1. The number of methoxy groups -OCH3 is 1. The Morgan fingerprint density at radius 1 is 1.14 bits per heavy atom. The highest BCUT2D eigenvalue weighted by Gasteiger charge is 2.43. The Bertz CT molecular complexity index is 1390. The molecule has 1 aliphatic rings. The lowest BCUT2D eigenvalue weighted by atomic mass is 9.76. The van der Waals surface area contributed by atoms with E-state index in [-0.39, 0.29) is 39.9 Å². The third-order valence-electron chi connectivity index (χ3n) is 6.41. The number of benzene rings is 2. The van der Waals surface area contributed by atoms with Crippen molar-refractivity contribution in [2.24, 2.45) is 0 Å². The van der Waals surface area contributed by atoms with E-state index >= 15 is 0 Å². The lowest BCUT2D eigenvalue weighted by Gasteiger charge is -2.26. The van der Waals surface area contributed by atoms with Gasteiger partial charge in [0.25, 0.3) is 0 Å². The number of halogens is 2. The molecule has 0 saturated carbocycles. The van der Waals surface area contributed by atoms with E-state index in [1.165, 1.54) is 12.3 Å². The van der Waals surface area contributed by atoms with Gasteiger partial charge in [-0.05, 0) is 42.7 Å². The number of carbonyl (C=O) groups excluding carboxylic acids is 1. The molecule has 0 aliphatic carbocycles. The van der Waals surface area contributed by atoms with E-state index < -0.39 is 17.0 Å². The maximum Gasteiger partial charge on any atom is 0.230 e. The summed E-state index contributed by atoms with van der Waals surface area (Å²) in [4.78, 5) is 23.9. The van der Waals surface area contributed by atoms with Crippen LogP contribution in [0, 0.1) is 11.6 Å². The van der Waals surface area contributed by atoms with Gasteiger partial charge in [0.05, 0.1) is 16.5 Å². The topological polar surface area (TPSA) is 112 Å². The molecular weight excluding hydrogens is 456 g/mol. The van der Waals surface area contributed by atoms with Gasteiger partial charge in [0.2, 0.25) is 11.8 Å². The summed E-state index contributed by atoms with van der Waals surface area (Å²) in [6.45, 7) is 1.05. The fourth-order valence-electron chi connectivity index (χ4n) is 4.55. The van der Waals surface area contributed by atoms with Crippen molar-refractivity contribution in [3.8, 4) is 17.3 Å². The molecule has 1 fully saturated rings. The minimum absolute atomic E-state index is 0.0263. The molecule has 1 amide bonds. The number of hydrogen-bond acceptors (Lipinski definition) is 6. The quantitative estimate of drug-likeness (QED) is 0.317. The lowest BCUT2D eigenvalue weighted by Crippen LogP contribution is -2.36. The predicted molar refractivity (Wildman–Crippen MR) is 126 cm³/mol. The summed E-state index contributed by atoms with van der Waals surface area (Å²) in [5.41, 5.74) is 0.734. The van der Waals surface area contributed by atoms with Crippen molar-refractivity contribution in [2.45, 2.75) is 18.3 Å². The second-order valence-electron chi connectivity index (χ2n) is 8.42. The third kappa shape index (κ3) is 3.95. The molecule has 35 heavy (non-hydrogen) atoms. The van der Waals surface area contributed by atoms with Crippen molar-refractivity contribution in [2.75, 3.05) is 25.6 Å². The summed E-state index contributed by atoms with van der Waals surface area (Å²) in [6, 6.07) is 10.8. The minimum Gasteiger partial charge on any atom is -0.494 e. The smallest absolute Gasteiger partial charge is 0.230 e. The number of hydrogen-bond donors (Lipinski definition) is 4. The predicted octanol–water partition coefficient (Wildman–Crippen LogP) is 4.15. The first kappa shape index (κ1) is 22.7. The van der Waals surface area contributed by atoms with Crippen LogP contribution in [0.2, 0.25) is 0 Å². The fourth-order valence-corrected chi connectivity index (χ4v) is 4.55. The van der Waals surface area contributed by atoms with Crippen LogP contribution in [0.15, 0.2) is 48.7 Å². The van der Waals surface area contributed by atoms with E-state index in [4.69, 9.17) is 4.74 Å². The Kier molecular flexibility index (Phi) is 5.81. The Labute approximate surface area is 199 Å². The summed E-state index contributed by atoms with van der Waals surface area (Å²) >= 11 is 0. The first-order valence-electron chi connectivity index (χ1n) is 11.1. The van der Waals surface area contributed by atoms with Crippen molar-refractivity contribution < 1.29 is 23.4 Å². The Morgan fingerprint density at radius 3 is 2.54 bits per heavy atom. The molecule has 2 aromatic carbocycles. The average Bonchev–Trinajstić information content (AvgIpc) is 3.41. The van der Waals surface area contributed by atoms with Crippen LogP contribution in [0.3, 0.4) is 0 Å². The first-order chi connectivity index (χ1) is 16.9. The van der Waals surface area contributed by atoms with E-state index in [0.717, 1.165) is 17.7 Å². The summed E-state index contributed by atoms with van der Waals surface area (Å²) < 4.78 is 34.0. The van der Waals surface area contributed by atoms with Crippen molar-refractivity contribution in [1.29, 1.82) is 0 Å². The molecule has 0 radical (unpaired) electrons. The summed E-state index contributed by atoms with van der Waals surface area (Å²) in [5, 5.41) is 16.6. The van der Waals surface area contributed by atoms with Crippen molar-refractivity contribution >= 4 is 28.3 Å². The average molecular weight is 479 g/mol. The summed E-state index contributed by atoms with van der Waals surface area (Å²) in [6.07, 6.45) is 2.66. The van der Waals surface area contributed by atoms with Crippen LogP contribution < -0.4 is 10.6 Å². The number of aromatic nitrogens is 3. The van der Waals surface area contributed by atoms with Crippen LogP contribution >= 0.6 is 0 Å². The molecule has 180 valence electrons. The van der Waals surface area contributed by atoms with Crippen LogP contribution in [0.4, 0.5) is 20.3 Å². The van der Waals surface area contributed by atoms with Gasteiger partial charge in [0, 0.05) is 32.1 Å². The van der Waals surface area contributed by atoms with Crippen LogP contribution in [-0.4, -0.2) is 46.2 Å². The largest absolute Gasteiger partial charge is 0.494 e. The van der Waals surface area contributed by atoms with E-state index in [2.05, 4.69) is 25.6 Å². The van der Waals surface area contributed by atoms with Gasteiger partial charge in [0.15, 0.2) is 5.82 Å². The van der Waals surface area contributed by atoms with Crippen molar-refractivity contribution in [3.63, 3.8) is 0 Å². The van der Waals surface area contributed by atoms with Gasteiger partial charge >= 0.3 is 0 Å². The summed E-state index contributed by atoms with van der Waals surface area (Å²) in [7, 11) is 1.61. The summed E-state index contributed by atoms with van der Waals surface area (Å²) in [5.74, 6) is -1.78. The number of rotatable bonds is 7. The van der Waals surface area contributed by atoms with Gasteiger partial charge in [-0.3, -0.25) is 4.79 Å². The molecule has 0 spiro atoms. The van der Waals surface area contributed by atoms with Gasteiger partial charge in [-0.2, -0.15) is 0 Å². The number of aromatic hydroxyl groups is 1. The van der Waals surface area contributed by atoms with Crippen molar-refractivity contribution in [3.05, 3.63) is 65.9 Å². The molecule has 1 aliphatic heterocycles.